The van der Waals surface area contributed by atoms with Crippen LogP contribution >= 0.6 is 0 Å². The number of esters is 3. The monoisotopic (exact) mass is 577 g/mol. The summed E-state index contributed by atoms with van der Waals surface area (Å²) >= 11 is 0. The van der Waals surface area contributed by atoms with Crippen molar-refractivity contribution in [2.75, 3.05) is 6.61 Å². The molecule has 0 radical (unpaired) electrons. The predicted octanol–water partition coefficient (Wildman–Crippen LogP) is 5.66. The van der Waals surface area contributed by atoms with Crippen molar-refractivity contribution in [1.82, 2.24) is 0 Å². The average Bonchev–Trinajstić information content (AvgIpc) is 2.91. The fourth-order valence-electron chi connectivity index (χ4n) is 4.19. The average molecular weight is 578 g/mol. The molecule has 230 valence electrons. The standard InChI is InChI=1S/C31H47NO9/c1-20(2)11-15-28(33)40-26-14-13-23(18-27(26)41-29(34)16-12-21(3)4)17-25(32)30(35)37-19-22(5)38-31(36)39-24-9-7-6-8-10-24/h13-14,18,20-22,24-25H,6-12,15-17,19,32H2,1-5H3/t22-,25-/m0/s1. The Kier molecular flexibility index (Phi) is 14.6. The summed E-state index contributed by atoms with van der Waals surface area (Å²) in [5.41, 5.74) is 6.67. The van der Waals surface area contributed by atoms with Gasteiger partial charge < -0.3 is 29.4 Å². The quantitative estimate of drug-likeness (QED) is 0.205. The minimum atomic E-state index is -1.03. The minimum Gasteiger partial charge on any atom is -0.461 e. The Labute approximate surface area is 243 Å². The Morgan fingerprint density at radius 1 is 0.854 bits per heavy atom. The molecule has 1 fully saturated rings. The summed E-state index contributed by atoms with van der Waals surface area (Å²) in [5, 5.41) is 0. The Morgan fingerprint density at radius 2 is 1.44 bits per heavy atom. The minimum absolute atomic E-state index is 0.0793. The van der Waals surface area contributed by atoms with E-state index in [9.17, 15) is 19.2 Å². The molecule has 0 bridgehead atoms. The van der Waals surface area contributed by atoms with Gasteiger partial charge in [0.25, 0.3) is 0 Å². The zero-order valence-electron chi connectivity index (χ0n) is 25.1. The highest BCUT2D eigenvalue weighted by Crippen LogP contribution is 2.30. The van der Waals surface area contributed by atoms with E-state index in [0.29, 0.717) is 30.2 Å². The Morgan fingerprint density at radius 3 is 2.02 bits per heavy atom. The maximum absolute atomic E-state index is 12.5. The van der Waals surface area contributed by atoms with Crippen LogP contribution in [-0.2, 0) is 35.0 Å². The topological polar surface area (TPSA) is 140 Å². The van der Waals surface area contributed by atoms with Crippen molar-refractivity contribution in [1.29, 1.82) is 0 Å². The fourth-order valence-corrected chi connectivity index (χ4v) is 4.19. The molecule has 2 N–H and O–H groups in total. The molecule has 0 heterocycles. The number of ether oxygens (including phenoxy) is 5. The Bertz CT molecular complexity index is 1000. The van der Waals surface area contributed by atoms with Gasteiger partial charge in [-0.25, -0.2) is 4.79 Å². The number of benzene rings is 1. The van der Waals surface area contributed by atoms with Gasteiger partial charge in [0.2, 0.25) is 0 Å². The molecule has 0 amide bonds. The van der Waals surface area contributed by atoms with E-state index in [0.717, 1.165) is 32.1 Å². The number of carbonyl (C=O) groups is 4. The number of nitrogens with two attached hydrogens (primary N) is 1. The summed E-state index contributed by atoms with van der Waals surface area (Å²) in [5.74, 6) is -0.678. The van der Waals surface area contributed by atoms with Crippen LogP contribution in [-0.4, -0.2) is 48.9 Å². The van der Waals surface area contributed by atoms with E-state index < -0.39 is 36.2 Å². The van der Waals surface area contributed by atoms with Gasteiger partial charge in [0.15, 0.2) is 11.5 Å². The highest BCUT2D eigenvalue weighted by Gasteiger charge is 2.23. The van der Waals surface area contributed by atoms with Crippen LogP contribution in [0.1, 0.15) is 98.0 Å². The summed E-state index contributed by atoms with van der Waals surface area (Å²) < 4.78 is 26.8. The molecular formula is C31H47NO9. The van der Waals surface area contributed by atoms with E-state index >= 15 is 0 Å². The lowest BCUT2D eigenvalue weighted by Gasteiger charge is -2.22. The van der Waals surface area contributed by atoms with Crippen LogP contribution in [0.25, 0.3) is 0 Å². The van der Waals surface area contributed by atoms with E-state index in [1.165, 1.54) is 6.07 Å². The molecule has 0 spiro atoms. The summed E-state index contributed by atoms with van der Waals surface area (Å²) in [4.78, 5) is 49.3. The molecule has 0 aromatic heterocycles. The van der Waals surface area contributed by atoms with Gasteiger partial charge in [0.05, 0.1) is 0 Å². The van der Waals surface area contributed by atoms with E-state index in [4.69, 9.17) is 29.4 Å². The van der Waals surface area contributed by atoms with Crippen molar-refractivity contribution in [3.05, 3.63) is 23.8 Å². The zero-order valence-corrected chi connectivity index (χ0v) is 25.1. The SMILES string of the molecule is CC(C)CCC(=O)Oc1ccc(C[C@H](N)C(=O)OC[C@H](C)OC(=O)OC2CCCCC2)cc1OC(=O)CCC(C)C. The largest absolute Gasteiger partial charge is 0.508 e. The van der Waals surface area contributed by atoms with Gasteiger partial charge in [-0.2, -0.15) is 0 Å². The van der Waals surface area contributed by atoms with Crippen LogP contribution in [0.2, 0.25) is 0 Å². The maximum Gasteiger partial charge on any atom is 0.508 e. The fraction of sp³-hybridized carbons (Fsp3) is 0.677. The Balaban J connectivity index is 1.94. The predicted molar refractivity (Wildman–Crippen MR) is 152 cm³/mol. The summed E-state index contributed by atoms with van der Waals surface area (Å²) in [6, 6.07) is 3.69. The first-order valence-electron chi connectivity index (χ1n) is 14.8. The van der Waals surface area contributed by atoms with Crippen LogP contribution in [0.3, 0.4) is 0 Å². The molecule has 10 nitrogen and oxygen atoms in total. The number of hydrogen-bond acceptors (Lipinski definition) is 10. The van der Waals surface area contributed by atoms with E-state index in [1.807, 2.05) is 27.7 Å². The third-order valence-corrected chi connectivity index (χ3v) is 6.64. The van der Waals surface area contributed by atoms with Gasteiger partial charge >= 0.3 is 24.1 Å². The third-order valence-electron chi connectivity index (χ3n) is 6.64. The molecular weight excluding hydrogens is 530 g/mol. The molecule has 41 heavy (non-hydrogen) atoms. The molecule has 2 rings (SSSR count). The molecule has 1 aliphatic rings. The van der Waals surface area contributed by atoms with Crippen LogP contribution in [0.15, 0.2) is 18.2 Å². The van der Waals surface area contributed by atoms with Crippen molar-refractivity contribution < 1.29 is 42.9 Å². The van der Waals surface area contributed by atoms with Gasteiger partial charge in [-0.05, 0) is 81.4 Å². The van der Waals surface area contributed by atoms with Crippen molar-refractivity contribution in [2.24, 2.45) is 17.6 Å². The van der Waals surface area contributed by atoms with E-state index in [2.05, 4.69) is 0 Å². The molecule has 2 atom stereocenters. The first-order chi connectivity index (χ1) is 19.4. The molecule has 10 heteroatoms. The van der Waals surface area contributed by atoms with Crippen molar-refractivity contribution in [3.63, 3.8) is 0 Å². The van der Waals surface area contributed by atoms with Gasteiger partial charge in [-0.15, -0.1) is 0 Å². The van der Waals surface area contributed by atoms with E-state index in [-0.39, 0.29) is 43.5 Å². The molecule has 1 saturated carbocycles. The van der Waals surface area contributed by atoms with Crippen molar-refractivity contribution in [2.45, 2.75) is 117 Å². The second kappa shape index (κ2) is 17.6. The first-order valence-corrected chi connectivity index (χ1v) is 14.8. The first kappa shape index (κ1) is 34.1. The molecule has 0 unspecified atom stereocenters. The third kappa shape index (κ3) is 13.9. The van der Waals surface area contributed by atoms with Gasteiger partial charge in [0, 0.05) is 12.8 Å². The summed E-state index contributed by atoms with van der Waals surface area (Å²) in [7, 11) is 0. The lowest BCUT2D eigenvalue weighted by Crippen LogP contribution is -2.36. The van der Waals surface area contributed by atoms with Crippen molar-refractivity contribution in [3.8, 4) is 11.5 Å². The van der Waals surface area contributed by atoms with Crippen molar-refractivity contribution >= 4 is 24.1 Å². The van der Waals surface area contributed by atoms with Crippen LogP contribution in [0, 0.1) is 11.8 Å². The van der Waals surface area contributed by atoms with Gasteiger partial charge in [-0.1, -0.05) is 40.2 Å². The molecule has 0 saturated heterocycles. The lowest BCUT2D eigenvalue weighted by molar-refractivity contribution is -0.148. The Hall–Kier alpha value is -3.14. The molecule has 0 aliphatic heterocycles. The highest BCUT2D eigenvalue weighted by atomic mass is 16.7. The lowest BCUT2D eigenvalue weighted by atomic mass is 9.98. The van der Waals surface area contributed by atoms with Gasteiger partial charge in [-0.3, -0.25) is 14.4 Å². The van der Waals surface area contributed by atoms with Crippen LogP contribution in [0.4, 0.5) is 4.79 Å². The second-order valence-electron chi connectivity index (χ2n) is 11.6. The number of carbonyl (C=O) groups excluding carboxylic acids is 4. The number of rotatable bonds is 15. The smallest absolute Gasteiger partial charge is 0.461 e. The van der Waals surface area contributed by atoms with Crippen LogP contribution in [0.5, 0.6) is 11.5 Å². The number of hydrogen-bond donors (Lipinski definition) is 1. The summed E-state index contributed by atoms with van der Waals surface area (Å²) in [6.45, 7) is 9.47. The second-order valence-corrected chi connectivity index (χ2v) is 11.6. The molecule has 1 aliphatic carbocycles. The van der Waals surface area contributed by atoms with Gasteiger partial charge in [0.1, 0.15) is 24.9 Å². The zero-order chi connectivity index (χ0) is 30.4. The summed E-state index contributed by atoms with van der Waals surface area (Å²) in [6.07, 6.45) is 5.08. The molecule has 1 aromatic carbocycles. The van der Waals surface area contributed by atoms with Crippen LogP contribution < -0.4 is 15.2 Å². The molecule has 1 aromatic rings. The van der Waals surface area contributed by atoms with E-state index in [1.54, 1.807) is 19.1 Å². The normalized spacial score (nSPS) is 15.2. The maximum atomic E-state index is 12.5. The highest BCUT2D eigenvalue weighted by molar-refractivity contribution is 5.77.